The summed E-state index contributed by atoms with van der Waals surface area (Å²) < 4.78 is 18.4. The molecule has 1 aromatic heterocycles. The van der Waals surface area contributed by atoms with Crippen LogP contribution in [0, 0.1) is 19.7 Å². The second kappa shape index (κ2) is 6.04. The zero-order chi connectivity index (χ0) is 16.4. The van der Waals surface area contributed by atoms with Gasteiger partial charge in [0, 0.05) is 17.2 Å². The maximum Gasteiger partial charge on any atom is 0.256 e. The Balaban J connectivity index is 1.78. The van der Waals surface area contributed by atoms with Crippen molar-refractivity contribution in [1.29, 1.82) is 0 Å². The lowest BCUT2D eigenvalue weighted by Crippen LogP contribution is -2.12. The van der Waals surface area contributed by atoms with Gasteiger partial charge in [-0.3, -0.25) is 4.79 Å². The maximum absolute atomic E-state index is 13.2. The first kappa shape index (κ1) is 15.0. The van der Waals surface area contributed by atoms with Crippen LogP contribution in [-0.2, 0) is 0 Å². The Morgan fingerprint density at radius 3 is 2.65 bits per heavy atom. The third-order valence-electron chi connectivity index (χ3n) is 3.63. The van der Waals surface area contributed by atoms with Crippen LogP contribution in [0.2, 0.25) is 0 Å². The van der Waals surface area contributed by atoms with Gasteiger partial charge in [0.1, 0.15) is 5.82 Å². The SMILES string of the molecule is Cc1ccc(C(=O)Nc2cc(-c3cccc(F)c3)on2)cc1C. The molecule has 4 nitrogen and oxygen atoms in total. The van der Waals surface area contributed by atoms with Crippen LogP contribution < -0.4 is 5.32 Å². The molecule has 5 heteroatoms. The average molecular weight is 310 g/mol. The molecule has 0 atom stereocenters. The Kier molecular flexibility index (Phi) is 3.93. The first-order valence-corrected chi connectivity index (χ1v) is 7.14. The van der Waals surface area contributed by atoms with E-state index < -0.39 is 0 Å². The molecular weight excluding hydrogens is 295 g/mol. The summed E-state index contributed by atoms with van der Waals surface area (Å²) in [7, 11) is 0. The number of hydrogen-bond acceptors (Lipinski definition) is 3. The van der Waals surface area contributed by atoms with Crippen molar-refractivity contribution in [2.24, 2.45) is 0 Å². The molecule has 0 bridgehead atoms. The number of anilines is 1. The van der Waals surface area contributed by atoms with Gasteiger partial charge in [-0.25, -0.2) is 4.39 Å². The van der Waals surface area contributed by atoms with Crippen molar-refractivity contribution in [3.63, 3.8) is 0 Å². The fourth-order valence-electron chi connectivity index (χ4n) is 2.18. The van der Waals surface area contributed by atoms with Gasteiger partial charge in [0.25, 0.3) is 5.91 Å². The van der Waals surface area contributed by atoms with E-state index in [1.54, 1.807) is 24.3 Å². The number of carbonyl (C=O) groups excluding carboxylic acids is 1. The molecule has 23 heavy (non-hydrogen) atoms. The summed E-state index contributed by atoms with van der Waals surface area (Å²) in [5.74, 6) is 0.0409. The number of benzene rings is 2. The molecule has 0 saturated carbocycles. The molecule has 0 radical (unpaired) electrons. The molecule has 1 amide bonds. The molecule has 1 heterocycles. The molecular formula is C18H15FN2O2. The van der Waals surface area contributed by atoms with E-state index in [-0.39, 0.29) is 17.5 Å². The lowest BCUT2D eigenvalue weighted by atomic mass is 10.1. The molecule has 0 aliphatic heterocycles. The van der Waals surface area contributed by atoms with Crippen molar-refractivity contribution >= 4 is 11.7 Å². The summed E-state index contributed by atoms with van der Waals surface area (Å²) >= 11 is 0. The lowest BCUT2D eigenvalue weighted by molar-refractivity contribution is 0.102. The van der Waals surface area contributed by atoms with Crippen LogP contribution in [0.4, 0.5) is 10.2 Å². The van der Waals surface area contributed by atoms with Crippen LogP contribution in [0.15, 0.2) is 53.1 Å². The van der Waals surface area contributed by atoms with Crippen LogP contribution in [0.5, 0.6) is 0 Å². The lowest BCUT2D eigenvalue weighted by Gasteiger charge is -2.04. The maximum atomic E-state index is 13.2. The molecule has 2 aromatic carbocycles. The fourth-order valence-corrected chi connectivity index (χ4v) is 2.18. The van der Waals surface area contributed by atoms with E-state index in [0.717, 1.165) is 11.1 Å². The van der Waals surface area contributed by atoms with Crippen molar-refractivity contribution < 1.29 is 13.7 Å². The summed E-state index contributed by atoms with van der Waals surface area (Å²) in [5, 5.41) is 6.47. The third-order valence-corrected chi connectivity index (χ3v) is 3.63. The van der Waals surface area contributed by atoms with Crippen molar-refractivity contribution in [2.75, 3.05) is 5.32 Å². The van der Waals surface area contributed by atoms with E-state index in [9.17, 15) is 9.18 Å². The first-order chi connectivity index (χ1) is 11.0. The topological polar surface area (TPSA) is 55.1 Å². The number of hydrogen-bond donors (Lipinski definition) is 1. The third kappa shape index (κ3) is 3.29. The minimum absolute atomic E-state index is 0.271. The van der Waals surface area contributed by atoms with Crippen molar-refractivity contribution in [2.45, 2.75) is 13.8 Å². The van der Waals surface area contributed by atoms with Crippen LogP contribution >= 0.6 is 0 Å². The highest BCUT2D eigenvalue weighted by molar-refractivity contribution is 6.04. The normalized spacial score (nSPS) is 10.6. The van der Waals surface area contributed by atoms with Crippen LogP contribution in [0.1, 0.15) is 21.5 Å². The standard InChI is InChI=1S/C18H15FN2O2/c1-11-6-7-14(8-12(11)2)18(22)20-17-10-16(23-21-17)13-4-3-5-15(19)9-13/h3-10H,1-2H3,(H,20,21,22). The Labute approximate surface area is 132 Å². The monoisotopic (exact) mass is 310 g/mol. The Morgan fingerprint density at radius 2 is 1.91 bits per heavy atom. The fraction of sp³-hybridized carbons (Fsp3) is 0.111. The molecule has 3 rings (SSSR count). The van der Waals surface area contributed by atoms with Gasteiger partial charge in [-0.05, 0) is 49.2 Å². The van der Waals surface area contributed by atoms with E-state index in [1.165, 1.54) is 12.1 Å². The summed E-state index contributed by atoms with van der Waals surface area (Å²) in [6, 6.07) is 13.0. The molecule has 3 aromatic rings. The van der Waals surface area contributed by atoms with E-state index >= 15 is 0 Å². The Hall–Kier alpha value is -2.95. The van der Waals surface area contributed by atoms with E-state index in [2.05, 4.69) is 10.5 Å². The highest BCUT2D eigenvalue weighted by Gasteiger charge is 2.12. The van der Waals surface area contributed by atoms with Crippen molar-refractivity contribution in [3.05, 3.63) is 71.0 Å². The van der Waals surface area contributed by atoms with Gasteiger partial charge < -0.3 is 9.84 Å². The minimum Gasteiger partial charge on any atom is -0.354 e. The quantitative estimate of drug-likeness (QED) is 0.782. The summed E-state index contributed by atoms with van der Waals surface area (Å²) in [5.41, 5.74) is 3.27. The molecule has 0 spiro atoms. The zero-order valence-electron chi connectivity index (χ0n) is 12.8. The van der Waals surface area contributed by atoms with E-state index in [1.807, 2.05) is 26.0 Å². The van der Waals surface area contributed by atoms with E-state index in [4.69, 9.17) is 4.52 Å². The Morgan fingerprint density at radius 1 is 1.09 bits per heavy atom. The number of aryl methyl sites for hydroxylation is 2. The highest BCUT2D eigenvalue weighted by atomic mass is 19.1. The van der Waals surface area contributed by atoms with Gasteiger partial charge in [-0.15, -0.1) is 0 Å². The smallest absolute Gasteiger partial charge is 0.256 e. The molecule has 1 N–H and O–H groups in total. The average Bonchev–Trinajstić information content (AvgIpc) is 2.98. The molecule has 0 aliphatic rings. The number of nitrogens with zero attached hydrogens (tertiary/aromatic N) is 1. The number of amides is 1. The molecule has 0 saturated heterocycles. The van der Waals surface area contributed by atoms with Gasteiger partial charge in [-0.2, -0.15) is 0 Å². The number of nitrogens with one attached hydrogen (secondary N) is 1. The second-order valence-corrected chi connectivity index (χ2v) is 5.34. The number of halogens is 1. The summed E-state index contributed by atoms with van der Waals surface area (Å²) in [6.45, 7) is 3.93. The molecule has 0 fully saturated rings. The van der Waals surface area contributed by atoms with E-state index in [0.29, 0.717) is 16.9 Å². The Bertz CT molecular complexity index is 871. The molecule has 116 valence electrons. The number of rotatable bonds is 3. The minimum atomic E-state index is -0.361. The van der Waals surface area contributed by atoms with Gasteiger partial charge in [0.2, 0.25) is 0 Å². The second-order valence-electron chi connectivity index (χ2n) is 5.34. The van der Waals surface area contributed by atoms with Gasteiger partial charge >= 0.3 is 0 Å². The summed E-state index contributed by atoms with van der Waals surface area (Å²) in [4.78, 5) is 12.2. The van der Waals surface area contributed by atoms with Gasteiger partial charge in [-0.1, -0.05) is 23.4 Å². The number of carbonyl (C=O) groups is 1. The summed E-state index contributed by atoms with van der Waals surface area (Å²) in [6.07, 6.45) is 0. The predicted molar refractivity (Wildman–Crippen MR) is 85.8 cm³/mol. The predicted octanol–water partition coefficient (Wildman–Crippen LogP) is 4.35. The largest absolute Gasteiger partial charge is 0.354 e. The molecule has 0 aliphatic carbocycles. The van der Waals surface area contributed by atoms with Crippen LogP contribution in [-0.4, -0.2) is 11.1 Å². The van der Waals surface area contributed by atoms with Crippen LogP contribution in [0.3, 0.4) is 0 Å². The molecule has 0 unspecified atom stereocenters. The van der Waals surface area contributed by atoms with Gasteiger partial charge in [0.05, 0.1) is 0 Å². The van der Waals surface area contributed by atoms with Crippen molar-refractivity contribution in [3.8, 4) is 11.3 Å². The van der Waals surface area contributed by atoms with Gasteiger partial charge in [0.15, 0.2) is 11.6 Å². The number of aromatic nitrogens is 1. The van der Waals surface area contributed by atoms with Crippen molar-refractivity contribution in [1.82, 2.24) is 5.16 Å². The zero-order valence-corrected chi connectivity index (χ0v) is 12.8. The highest BCUT2D eigenvalue weighted by Crippen LogP contribution is 2.23. The first-order valence-electron chi connectivity index (χ1n) is 7.14. The van der Waals surface area contributed by atoms with Crippen LogP contribution in [0.25, 0.3) is 11.3 Å².